The van der Waals surface area contributed by atoms with Gasteiger partial charge in [-0.3, -0.25) is 15.8 Å². The summed E-state index contributed by atoms with van der Waals surface area (Å²) in [5.74, 6) is -0.413. The highest BCUT2D eigenvalue weighted by Crippen LogP contribution is 2.35. The number of rotatable bonds is 3. The fourth-order valence-electron chi connectivity index (χ4n) is 3.99. The van der Waals surface area contributed by atoms with E-state index in [9.17, 15) is 13.6 Å². The van der Waals surface area contributed by atoms with Crippen LogP contribution in [-0.4, -0.2) is 48.2 Å². The van der Waals surface area contributed by atoms with E-state index in [4.69, 9.17) is 4.74 Å². The summed E-state index contributed by atoms with van der Waals surface area (Å²) in [7, 11) is 0. The van der Waals surface area contributed by atoms with Gasteiger partial charge in [0.25, 0.3) is 0 Å². The molecule has 2 amide bonds. The Kier molecular flexibility index (Phi) is 4.13. The summed E-state index contributed by atoms with van der Waals surface area (Å²) in [5, 5.41) is 0. The molecule has 3 aliphatic rings. The number of aromatic nitrogens is 1. The van der Waals surface area contributed by atoms with Crippen LogP contribution in [0.15, 0.2) is 30.3 Å². The van der Waals surface area contributed by atoms with E-state index in [0.29, 0.717) is 42.9 Å². The van der Waals surface area contributed by atoms with Gasteiger partial charge in [-0.2, -0.15) is 4.98 Å². The normalized spacial score (nSPS) is 23.6. The van der Waals surface area contributed by atoms with Crippen molar-refractivity contribution in [1.82, 2.24) is 20.7 Å². The average molecular weight is 387 g/mol. The van der Waals surface area contributed by atoms with Gasteiger partial charge in [-0.05, 0) is 29.8 Å². The van der Waals surface area contributed by atoms with Crippen LogP contribution in [0.3, 0.4) is 0 Å². The SMILES string of the molecule is O=C1N(Cc2ccc(F)c(F)c2)CCN1c1ccc2c(n1)OCC1NNCC21. The second-order valence-electron chi connectivity index (χ2n) is 7.22. The minimum absolute atomic E-state index is 0.213. The van der Waals surface area contributed by atoms with Crippen molar-refractivity contribution in [2.24, 2.45) is 0 Å². The Morgan fingerprint density at radius 1 is 1.18 bits per heavy atom. The molecule has 2 unspecified atom stereocenters. The van der Waals surface area contributed by atoms with Gasteiger partial charge >= 0.3 is 6.03 Å². The average Bonchev–Trinajstić information content (AvgIpc) is 3.31. The number of hydrogen-bond donors (Lipinski definition) is 2. The number of nitrogens with zero attached hydrogens (tertiary/aromatic N) is 3. The van der Waals surface area contributed by atoms with Crippen LogP contribution in [0.1, 0.15) is 17.0 Å². The summed E-state index contributed by atoms with van der Waals surface area (Å²) in [6.07, 6.45) is 0. The summed E-state index contributed by atoms with van der Waals surface area (Å²) >= 11 is 0. The molecule has 0 aliphatic carbocycles. The van der Waals surface area contributed by atoms with E-state index in [1.807, 2.05) is 12.1 Å². The zero-order valence-electron chi connectivity index (χ0n) is 15.0. The standard InChI is InChI=1S/C19H19F2N5O2/c20-14-3-1-11(7-15(14)21)9-25-5-6-26(19(25)27)17-4-2-12-13-8-22-24-16(13)10-28-18(12)23-17/h1-4,7,13,16,22,24H,5-6,8-10H2. The summed E-state index contributed by atoms with van der Waals surface area (Å²) in [4.78, 5) is 20.5. The first-order valence-corrected chi connectivity index (χ1v) is 9.22. The second-order valence-corrected chi connectivity index (χ2v) is 7.22. The maximum absolute atomic E-state index is 13.4. The number of benzene rings is 1. The van der Waals surface area contributed by atoms with Crippen LogP contribution in [0.5, 0.6) is 5.88 Å². The number of halogens is 2. The minimum atomic E-state index is -0.913. The maximum atomic E-state index is 13.4. The first-order valence-electron chi connectivity index (χ1n) is 9.22. The quantitative estimate of drug-likeness (QED) is 0.840. The van der Waals surface area contributed by atoms with Crippen LogP contribution in [0.25, 0.3) is 0 Å². The molecule has 4 heterocycles. The molecule has 0 spiro atoms. The van der Waals surface area contributed by atoms with E-state index >= 15 is 0 Å². The van der Waals surface area contributed by atoms with E-state index in [2.05, 4.69) is 15.8 Å². The van der Waals surface area contributed by atoms with Gasteiger partial charge in [-0.25, -0.2) is 13.6 Å². The molecule has 1 aromatic carbocycles. The van der Waals surface area contributed by atoms with E-state index in [0.717, 1.165) is 24.2 Å². The lowest BCUT2D eigenvalue weighted by molar-refractivity contribution is 0.218. The molecule has 0 bridgehead atoms. The Balaban J connectivity index is 1.33. The molecule has 2 N–H and O–H groups in total. The number of hydrazine groups is 1. The zero-order chi connectivity index (χ0) is 19.3. The van der Waals surface area contributed by atoms with E-state index < -0.39 is 11.6 Å². The highest BCUT2D eigenvalue weighted by Gasteiger charge is 2.37. The van der Waals surface area contributed by atoms with Crippen molar-refractivity contribution in [2.75, 3.05) is 31.1 Å². The van der Waals surface area contributed by atoms with E-state index in [1.165, 1.54) is 6.07 Å². The van der Waals surface area contributed by atoms with E-state index in [1.54, 1.807) is 9.80 Å². The lowest BCUT2D eigenvalue weighted by Gasteiger charge is -2.27. The van der Waals surface area contributed by atoms with Crippen molar-refractivity contribution in [1.29, 1.82) is 0 Å². The summed E-state index contributed by atoms with van der Waals surface area (Å²) in [5.41, 5.74) is 7.90. The van der Waals surface area contributed by atoms with Gasteiger partial charge in [0.2, 0.25) is 5.88 Å². The Bertz CT molecular complexity index is 941. The van der Waals surface area contributed by atoms with Crippen LogP contribution < -0.4 is 20.5 Å². The van der Waals surface area contributed by atoms with Crippen molar-refractivity contribution in [3.63, 3.8) is 0 Å². The third-order valence-corrected chi connectivity index (χ3v) is 5.50. The molecule has 7 nitrogen and oxygen atoms in total. The highest BCUT2D eigenvalue weighted by molar-refractivity contribution is 5.93. The summed E-state index contributed by atoms with van der Waals surface area (Å²) in [6, 6.07) is 7.49. The molecule has 9 heteroatoms. The summed E-state index contributed by atoms with van der Waals surface area (Å²) < 4.78 is 32.3. The molecule has 0 saturated carbocycles. The van der Waals surface area contributed by atoms with Crippen LogP contribution in [0.2, 0.25) is 0 Å². The van der Waals surface area contributed by atoms with Crippen molar-refractivity contribution < 1.29 is 18.3 Å². The molecule has 5 rings (SSSR count). The van der Waals surface area contributed by atoms with Crippen LogP contribution >= 0.6 is 0 Å². The maximum Gasteiger partial charge on any atom is 0.326 e. The van der Waals surface area contributed by atoms with Gasteiger partial charge in [-0.1, -0.05) is 6.07 Å². The van der Waals surface area contributed by atoms with Gasteiger partial charge in [0.1, 0.15) is 12.4 Å². The molecule has 146 valence electrons. The number of anilines is 1. The summed E-state index contributed by atoms with van der Waals surface area (Å²) in [6.45, 7) is 2.51. The largest absolute Gasteiger partial charge is 0.476 e. The molecule has 2 fully saturated rings. The third kappa shape index (κ3) is 2.87. The number of carbonyl (C=O) groups is 1. The molecule has 0 radical (unpaired) electrons. The Morgan fingerprint density at radius 2 is 2.07 bits per heavy atom. The predicted molar refractivity (Wildman–Crippen MR) is 96.9 cm³/mol. The molecule has 2 aromatic rings. The first-order chi connectivity index (χ1) is 13.6. The first kappa shape index (κ1) is 17.3. The van der Waals surface area contributed by atoms with Gasteiger partial charge in [0.05, 0.1) is 6.04 Å². The Labute approximate surface area is 160 Å². The van der Waals surface area contributed by atoms with Crippen LogP contribution in [0.4, 0.5) is 19.4 Å². The van der Waals surface area contributed by atoms with Crippen LogP contribution in [0, 0.1) is 11.6 Å². The number of hydrogen-bond acceptors (Lipinski definition) is 5. The van der Waals surface area contributed by atoms with Gasteiger partial charge in [-0.15, -0.1) is 0 Å². The van der Waals surface area contributed by atoms with Crippen molar-refractivity contribution in [2.45, 2.75) is 18.5 Å². The van der Waals surface area contributed by atoms with Crippen LogP contribution in [-0.2, 0) is 6.54 Å². The van der Waals surface area contributed by atoms with Crippen molar-refractivity contribution in [3.8, 4) is 5.88 Å². The fraction of sp³-hybridized carbons (Fsp3) is 0.368. The molecular weight excluding hydrogens is 368 g/mol. The van der Waals surface area contributed by atoms with Crippen molar-refractivity contribution >= 4 is 11.8 Å². The molecule has 3 aliphatic heterocycles. The number of pyridine rings is 1. The number of carbonyl (C=O) groups excluding carboxylic acids is 1. The number of urea groups is 1. The lowest BCUT2D eigenvalue weighted by Crippen LogP contribution is -2.39. The lowest BCUT2D eigenvalue weighted by atomic mass is 9.92. The molecule has 2 saturated heterocycles. The fourth-order valence-corrected chi connectivity index (χ4v) is 3.99. The zero-order valence-corrected chi connectivity index (χ0v) is 15.0. The smallest absolute Gasteiger partial charge is 0.326 e. The molecule has 1 aromatic heterocycles. The third-order valence-electron chi connectivity index (χ3n) is 5.50. The molecule has 28 heavy (non-hydrogen) atoms. The van der Waals surface area contributed by atoms with Gasteiger partial charge < -0.3 is 9.64 Å². The highest BCUT2D eigenvalue weighted by atomic mass is 19.2. The minimum Gasteiger partial charge on any atom is -0.476 e. The van der Waals surface area contributed by atoms with Gasteiger partial charge in [0.15, 0.2) is 11.6 Å². The molecule has 2 atom stereocenters. The predicted octanol–water partition coefficient (Wildman–Crippen LogP) is 1.75. The number of fused-ring (bicyclic) bond motifs is 3. The van der Waals surface area contributed by atoms with Gasteiger partial charge in [0, 0.05) is 37.7 Å². The number of ether oxygens (including phenoxy) is 1. The monoisotopic (exact) mass is 387 g/mol. The Hall–Kier alpha value is -2.78. The van der Waals surface area contributed by atoms with Crippen molar-refractivity contribution in [3.05, 3.63) is 53.1 Å². The second kappa shape index (κ2) is 6.68. The number of nitrogens with one attached hydrogen (secondary N) is 2. The Morgan fingerprint density at radius 3 is 2.93 bits per heavy atom. The number of amides is 2. The topological polar surface area (TPSA) is 69.7 Å². The van der Waals surface area contributed by atoms with E-state index in [-0.39, 0.29) is 18.6 Å². The molecular formula is C19H19F2N5O2.